The van der Waals surface area contributed by atoms with E-state index < -0.39 is 11.6 Å². The number of rotatable bonds is 5. The minimum Gasteiger partial charge on any atom is -0.298 e. The molecule has 0 bridgehead atoms. The number of nitrogens with zero attached hydrogens (tertiary/aromatic N) is 4. The van der Waals surface area contributed by atoms with Gasteiger partial charge in [-0.1, -0.05) is 12.1 Å². The first-order chi connectivity index (χ1) is 13.6. The molecule has 0 fully saturated rings. The zero-order valence-corrected chi connectivity index (χ0v) is 15.2. The Morgan fingerprint density at radius 2 is 1.96 bits per heavy atom. The van der Waals surface area contributed by atoms with Crippen LogP contribution < -0.4 is 5.32 Å². The van der Waals surface area contributed by atoms with Crippen molar-refractivity contribution in [2.45, 2.75) is 6.54 Å². The first-order valence-electron chi connectivity index (χ1n) is 8.22. The van der Waals surface area contributed by atoms with Gasteiger partial charge in [0.15, 0.2) is 5.13 Å². The van der Waals surface area contributed by atoms with Crippen LogP contribution in [0.3, 0.4) is 0 Å². The number of carbonyl (C=O) groups is 1. The Kier molecular flexibility index (Phi) is 4.90. The molecule has 0 aliphatic carbocycles. The Balaban J connectivity index is 1.45. The maximum absolute atomic E-state index is 13.9. The Morgan fingerprint density at radius 1 is 1.14 bits per heavy atom. The number of nitrogens with one attached hydrogen (secondary N) is 1. The second kappa shape index (κ2) is 7.65. The van der Waals surface area contributed by atoms with E-state index in [1.54, 1.807) is 28.5 Å². The summed E-state index contributed by atoms with van der Waals surface area (Å²) in [6, 6.07) is 10.2. The topological polar surface area (TPSA) is 72.7 Å². The summed E-state index contributed by atoms with van der Waals surface area (Å²) in [6.07, 6.45) is 3.07. The molecule has 0 spiro atoms. The standard InChI is InChI=1S/C19H13F2N5OS/c20-14-5-6-16(21)15(7-14)17-9-28-19(24-17)25-18(27)13-3-1-12(2-4-13)8-26-11-22-10-23-26/h1-7,9-11H,8H2,(H,24,25,27). The van der Waals surface area contributed by atoms with Gasteiger partial charge in [0.25, 0.3) is 5.91 Å². The number of anilines is 1. The van der Waals surface area contributed by atoms with E-state index in [4.69, 9.17) is 0 Å². The minimum absolute atomic E-state index is 0.0502. The lowest BCUT2D eigenvalue weighted by Crippen LogP contribution is -2.12. The number of hydrogen-bond acceptors (Lipinski definition) is 5. The van der Waals surface area contributed by atoms with Crippen molar-refractivity contribution in [3.8, 4) is 11.3 Å². The van der Waals surface area contributed by atoms with E-state index in [0.717, 1.165) is 35.1 Å². The van der Waals surface area contributed by atoms with Crippen molar-refractivity contribution in [3.05, 3.63) is 83.3 Å². The summed E-state index contributed by atoms with van der Waals surface area (Å²) >= 11 is 1.14. The number of benzene rings is 2. The van der Waals surface area contributed by atoms with Crippen molar-refractivity contribution < 1.29 is 13.6 Å². The van der Waals surface area contributed by atoms with Crippen LogP contribution in [0.25, 0.3) is 11.3 Å². The highest BCUT2D eigenvalue weighted by molar-refractivity contribution is 7.14. The third kappa shape index (κ3) is 3.94. The van der Waals surface area contributed by atoms with E-state index in [0.29, 0.717) is 17.2 Å². The molecule has 4 rings (SSSR count). The normalized spacial score (nSPS) is 10.8. The summed E-state index contributed by atoms with van der Waals surface area (Å²) in [5.41, 5.74) is 1.74. The Bertz CT molecular complexity index is 1110. The fourth-order valence-corrected chi connectivity index (χ4v) is 3.29. The number of thiazole rings is 1. The van der Waals surface area contributed by atoms with Gasteiger partial charge in [-0.05, 0) is 35.9 Å². The highest BCUT2D eigenvalue weighted by Gasteiger charge is 2.13. The SMILES string of the molecule is O=C(Nc1nc(-c2cc(F)ccc2F)cs1)c1ccc(Cn2cncn2)cc1. The summed E-state index contributed by atoms with van der Waals surface area (Å²) < 4.78 is 28.9. The molecular weight excluding hydrogens is 384 g/mol. The van der Waals surface area contributed by atoms with Gasteiger partial charge in [0.2, 0.25) is 0 Å². The van der Waals surface area contributed by atoms with E-state index >= 15 is 0 Å². The first kappa shape index (κ1) is 17.9. The van der Waals surface area contributed by atoms with E-state index in [1.807, 2.05) is 12.1 Å². The van der Waals surface area contributed by atoms with Crippen LogP contribution in [0.15, 0.2) is 60.5 Å². The third-order valence-corrected chi connectivity index (χ3v) is 4.71. The lowest BCUT2D eigenvalue weighted by molar-refractivity contribution is 0.102. The third-order valence-electron chi connectivity index (χ3n) is 3.96. The average molecular weight is 397 g/mol. The van der Waals surface area contributed by atoms with Gasteiger partial charge in [0, 0.05) is 16.5 Å². The summed E-state index contributed by atoms with van der Waals surface area (Å²) in [6.45, 7) is 0.553. The minimum atomic E-state index is -0.576. The Hall–Kier alpha value is -3.46. The molecule has 1 amide bonds. The predicted molar refractivity (Wildman–Crippen MR) is 101 cm³/mol. The second-order valence-corrected chi connectivity index (χ2v) is 6.76. The molecule has 0 aliphatic heterocycles. The van der Waals surface area contributed by atoms with Gasteiger partial charge in [-0.25, -0.2) is 23.4 Å². The molecule has 0 saturated carbocycles. The van der Waals surface area contributed by atoms with Gasteiger partial charge < -0.3 is 0 Å². The number of halogens is 2. The number of hydrogen-bond donors (Lipinski definition) is 1. The van der Waals surface area contributed by atoms with Crippen LogP contribution in [-0.4, -0.2) is 25.7 Å². The molecule has 1 N–H and O–H groups in total. The Morgan fingerprint density at radius 3 is 2.71 bits per heavy atom. The van der Waals surface area contributed by atoms with E-state index in [-0.39, 0.29) is 17.2 Å². The van der Waals surface area contributed by atoms with Crippen molar-refractivity contribution >= 4 is 22.4 Å². The van der Waals surface area contributed by atoms with Crippen molar-refractivity contribution in [3.63, 3.8) is 0 Å². The van der Waals surface area contributed by atoms with Crippen LogP contribution >= 0.6 is 11.3 Å². The number of amides is 1. The van der Waals surface area contributed by atoms with Crippen LogP contribution in [0, 0.1) is 11.6 Å². The van der Waals surface area contributed by atoms with Gasteiger partial charge >= 0.3 is 0 Å². The maximum Gasteiger partial charge on any atom is 0.257 e. The number of aromatic nitrogens is 4. The molecule has 4 aromatic rings. The Labute approximate surface area is 162 Å². The molecule has 0 atom stereocenters. The summed E-state index contributed by atoms with van der Waals surface area (Å²) in [7, 11) is 0. The summed E-state index contributed by atoms with van der Waals surface area (Å²) in [5, 5.41) is 8.57. The first-order valence-corrected chi connectivity index (χ1v) is 9.10. The van der Waals surface area contributed by atoms with E-state index in [1.165, 1.54) is 6.33 Å². The zero-order chi connectivity index (χ0) is 19.5. The molecule has 0 aliphatic rings. The van der Waals surface area contributed by atoms with Crippen LogP contribution in [0.2, 0.25) is 0 Å². The molecule has 6 nitrogen and oxygen atoms in total. The number of carbonyl (C=O) groups excluding carboxylic acids is 1. The summed E-state index contributed by atoms with van der Waals surface area (Å²) in [4.78, 5) is 20.5. The quantitative estimate of drug-likeness (QED) is 0.553. The van der Waals surface area contributed by atoms with Crippen molar-refractivity contribution in [2.75, 3.05) is 5.32 Å². The molecule has 0 radical (unpaired) electrons. The monoisotopic (exact) mass is 397 g/mol. The molecule has 2 aromatic heterocycles. The molecular formula is C19H13F2N5OS. The van der Waals surface area contributed by atoms with Crippen molar-refractivity contribution in [2.24, 2.45) is 0 Å². The largest absolute Gasteiger partial charge is 0.298 e. The predicted octanol–water partition coefficient (Wildman–Crippen LogP) is 3.98. The van der Waals surface area contributed by atoms with Gasteiger partial charge in [0.05, 0.1) is 12.2 Å². The van der Waals surface area contributed by atoms with Gasteiger partial charge in [-0.15, -0.1) is 11.3 Å². The van der Waals surface area contributed by atoms with Gasteiger partial charge in [-0.2, -0.15) is 5.10 Å². The lowest BCUT2D eigenvalue weighted by atomic mass is 10.1. The summed E-state index contributed by atoms with van der Waals surface area (Å²) in [5.74, 6) is -1.47. The smallest absolute Gasteiger partial charge is 0.257 e. The van der Waals surface area contributed by atoms with Crippen LogP contribution in [0.4, 0.5) is 13.9 Å². The van der Waals surface area contributed by atoms with Crippen LogP contribution in [0.5, 0.6) is 0 Å². The van der Waals surface area contributed by atoms with E-state index in [9.17, 15) is 13.6 Å². The molecule has 0 saturated heterocycles. The molecule has 9 heteroatoms. The van der Waals surface area contributed by atoms with Crippen LogP contribution in [-0.2, 0) is 6.54 Å². The zero-order valence-electron chi connectivity index (χ0n) is 14.3. The highest BCUT2D eigenvalue weighted by Crippen LogP contribution is 2.27. The van der Waals surface area contributed by atoms with Crippen molar-refractivity contribution in [1.82, 2.24) is 19.7 Å². The van der Waals surface area contributed by atoms with Crippen molar-refractivity contribution in [1.29, 1.82) is 0 Å². The molecule has 0 unspecified atom stereocenters. The maximum atomic E-state index is 13.9. The highest BCUT2D eigenvalue weighted by atomic mass is 32.1. The second-order valence-electron chi connectivity index (χ2n) is 5.91. The van der Waals surface area contributed by atoms with Crippen LogP contribution in [0.1, 0.15) is 15.9 Å². The fraction of sp³-hybridized carbons (Fsp3) is 0.0526. The molecule has 28 heavy (non-hydrogen) atoms. The molecule has 2 aromatic carbocycles. The van der Waals surface area contributed by atoms with E-state index in [2.05, 4.69) is 20.4 Å². The lowest BCUT2D eigenvalue weighted by Gasteiger charge is -2.04. The average Bonchev–Trinajstić information content (AvgIpc) is 3.36. The fourth-order valence-electron chi connectivity index (χ4n) is 2.58. The molecule has 2 heterocycles. The van der Waals surface area contributed by atoms with Gasteiger partial charge in [-0.3, -0.25) is 10.1 Å². The molecule has 140 valence electrons. The van der Waals surface area contributed by atoms with Gasteiger partial charge in [0.1, 0.15) is 24.3 Å².